The highest BCUT2D eigenvalue weighted by Gasteiger charge is 2.07. The zero-order valence-corrected chi connectivity index (χ0v) is 12.7. The molecule has 3 heteroatoms. The van der Waals surface area contributed by atoms with E-state index in [1.165, 1.54) is 0 Å². The normalized spacial score (nSPS) is 10.2. The minimum atomic E-state index is 0.154. The molecule has 0 amide bonds. The molecule has 2 aromatic rings. The lowest BCUT2D eigenvalue weighted by molar-refractivity contribution is 0.0993. The second kappa shape index (κ2) is 5.78. The van der Waals surface area contributed by atoms with E-state index in [0.717, 1.165) is 19.2 Å². The lowest BCUT2D eigenvalue weighted by atomic mass is 10.0. The maximum Gasteiger partial charge on any atom is 0.167 e. The molecule has 2 aromatic carbocycles. The predicted octanol–water partition coefficient (Wildman–Crippen LogP) is 4.48. The van der Waals surface area contributed by atoms with E-state index in [-0.39, 0.29) is 5.78 Å². The van der Waals surface area contributed by atoms with E-state index in [1.807, 2.05) is 48.5 Å². The Hall–Kier alpha value is -0.680. The average molecular weight is 401 g/mol. The summed E-state index contributed by atoms with van der Waals surface area (Å²) in [5, 5.41) is 0. The molecule has 0 N–H and O–H groups in total. The smallest absolute Gasteiger partial charge is 0.167 e. The summed E-state index contributed by atoms with van der Waals surface area (Å²) in [5.41, 5.74) is 1.81. The molecule has 0 aliphatic rings. The molecular formula is C14H10BrIO. The van der Waals surface area contributed by atoms with Crippen LogP contribution in [0, 0.1) is 3.57 Å². The molecule has 86 valence electrons. The van der Waals surface area contributed by atoms with Crippen LogP contribution in [0.4, 0.5) is 0 Å². The van der Waals surface area contributed by atoms with E-state index in [9.17, 15) is 4.79 Å². The summed E-state index contributed by atoms with van der Waals surface area (Å²) in [6.45, 7) is 0. The molecule has 0 spiro atoms. The van der Waals surface area contributed by atoms with Crippen LogP contribution in [0.1, 0.15) is 15.9 Å². The summed E-state index contributed by atoms with van der Waals surface area (Å²) in [7, 11) is 0. The van der Waals surface area contributed by atoms with Gasteiger partial charge in [-0.3, -0.25) is 4.79 Å². The van der Waals surface area contributed by atoms with E-state index in [1.54, 1.807) is 0 Å². The van der Waals surface area contributed by atoms with Gasteiger partial charge >= 0.3 is 0 Å². The Kier molecular flexibility index (Phi) is 4.34. The first-order valence-corrected chi connectivity index (χ1v) is 7.05. The first-order valence-electron chi connectivity index (χ1n) is 5.18. The number of rotatable bonds is 3. The van der Waals surface area contributed by atoms with Crippen LogP contribution in [0.5, 0.6) is 0 Å². The van der Waals surface area contributed by atoms with Gasteiger partial charge in [0, 0.05) is 20.0 Å². The number of carbonyl (C=O) groups is 1. The minimum absolute atomic E-state index is 0.154. The Morgan fingerprint density at radius 2 is 1.88 bits per heavy atom. The van der Waals surface area contributed by atoms with Gasteiger partial charge in [0.1, 0.15) is 0 Å². The van der Waals surface area contributed by atoms with Gasteiger partial charge in [-0.2, -0.15) is 0 Å². The zero-order valence-electron chi connectivity index (χ0n) is 8.99. The second-order valence-corrected chi connectivity index (χ2v) is 5.90. The Bertz CT molecular complexity index is 551. The second-order valence-electron chi connectivity index (χ2n) is 3.74. The summed E-state index contributed by atoms with van der Waals surface area (Å²) < 4.78 is 2.09. The fourth-order valence-corrected chi connectivity index (χ4v) is 2.59. The molecule has 17 heavy (non-hydrogen) atoms. The van der Waals surface area contributed by atoms with Crippen molar-refractivity contribution in [1.82, 2.24) is 0 Å². The molecule has 0 bridgehead atoms. The van der Waals surface area contributed by atoms with E-state index < -0.39 is 0 Å². The van der Waals surface area contributed by atoms with Gasteiger partial charge in [0.15, 0.2) is 5.78 Å². The molecule has 0 radical (unpaired) electrons. The number of Topliss-reactive ketones (excluding diaryl/α,β-unsaturated/α-hetero) is 1. The highest BCUT2D eigenvalue weighted by molar-refractivity contribution is 14.1. The van der Waals surface area contributed by atoms with E-state index >= 15 is 0 Å². The van der Waals surface area contributed by atoms with Crippen molar-refractivity contribution in [2.45, 2.75) is 6.42 Å². The van der Waals surface area contributed by atoms with Crippen molar-refractivity contribution < 1.29 is 4.79 Å². The topological polar surface area (TPSA) is 17.1 Å². The number of benzene rings is 2. The molecule has 0 fully saturated rings. The molecule has 0 aromatic heterocycles. The maximum absolute atomic E-state index is 12.1. The molecular weight excluding hydrogens is 391 g/mol. The van der Waals surface area contributed by atoms with Gasteiger partial charge < -0.3 is 0 Å². The van der Waals surface area contributed by atoms with Gasteiger partial charge in [0.05, 0.1) is 0 Å². The van der Waals surface area contributed by atoms with Crippen LogP contribution in [0.15, 0.2) is 53.0 Å². The summed E-state index contributed by atoms with van der Waals surface area (Å²) >= 11 is 5.62. The molecule has 0 unspecified atom stereocenters. The number of hydrogen-bond acceptors (Lipinski definition) is 1. The van der Waals surface area contributed by atoms with Crippen molar-refractivity contribution in [3.8, 4) is 0 Å². The largest absolute Gasteiger partial charge is 0.294 e. The lowest BCUT2D eigenvalue weighted by Crippen LogP contribution is -2.03. The third-order valence-corrected chi connectivity index (χ3v) is 3.56. The summed E-state index contributed by atoms with van der Waals surface area (Å²) in [5.74, 6) is 0.154. The van der Waals surface area contributed by atoms with Crippen LogP contribution in [0.3, 0.4) is 0 Å². The Balaban J connectivity index is 2.17. The summed E-state index contributed by atoms with van der Waals surface area (Å²) in [6, 6.07) is 15.5. The Morgan fingerprint density at radius 3 is 2.59 bits per heavy atom. The molecule has 2 rings (SSSR count). The average Bonchev–Trinajstić information content (AvgIpc) is 2.29. The van der Waals surface area contributed by atoms with E-state index in [4.69, 9.17) is 0 Å². The van der Waals surface area contributed by atoms with Gasteiger partial charge in [-0.15, -0.1) is 0 Å². The summed E-state index contributed by atoms with van der Waals surface area (Å²) in [4.78, 5) is 12.1. The van der Waals surface area contributed by atoms with Crippen LogP contribution in [-0.2, 0) is 6.42 Å². The molecule has 0 aliphatic heterocycles. The van der Waals surface area contributed by atoms with Crippen LogP contribution < -0.4 is 0 Å². The SMILES string of the molecule is O=C(Cc1cccc(Br)c1)c1cccc(I)c1. The molecule has 0 atom stereocenters. The van der Waals surface area contributed by atoms with Crippen molar-refractivity contribution in [2.75, 3.05) is 0 Å². The quantitative estimate of drug-likeness (QED) is 0.548. The number of halogens is 2. The van der Waals surface area contributed by atoms with E-state index in [0.29, 0.717) is 6.42 Å². The van der Waals surface area contributed by atoms with Crippen molar-refractivity contribution in [3.05, 3.63) is 67.7 Å². The fraction of sp³-hybridized carbons (Fsp3) is 0.0714. The highest BCUT2D eigenvalue weighted by atomic mass is 127. The molecule has 0 saturated carbocycles. The van der Waals surface area contributed by atoms with Crippen LogP contribution >= 0.6 is 38.5 Å². The summed E-state index contributed by atoms with van der Waals surface area (Å²) in [6.07, 6.45) is 0.444. The first kappa shape index (κ1) is 12.8. The molecule has 0 heterocycles. The minimum Gasteiger partial charge on any atom is -0.294 e. The molecule has 0 aliphatic carbocycles. The Morgan fingerprint density at radius 1 is 1.12 bits per heavy atom. The lowest BCUT2D eigenvalue weighted by Gasteiger charge is -2.02. The van der Waals surface area contributed by atoms with Crippen molar-refractivity contribution >= 4 is 44.3 Å². The van der Waals surface area contributed by atoms with Crippen LogP contribution in [0.2, 0.25) is 0 Å². The molecule has 0 saturated heterocycles. The van der Waals surface area contributed by atoms with Crippen LogP contribution in [0.25, 0.3) is 0 Å². The Labute approximate surface area is 123 Å². The zero-order chi connectivity index (χ0) is 12.3. The maximum atomic E-state index is 12.1. The molecule has 1 nitrogen and oxygen atoms in total. The van der Waals surface area contributed by atoms with Crippen molar-refractivity contribution in [3.63, 3.8) is 0 Å². The van der Waals surface area contributed by atoms with Crippen molar-refractivity contribution in [1.29, 1.82) is 0 Å². The number of carbonyl (C=O) groups excluding carboxylic acids is 1. The fourth-order valence-electron chi connectivity index (χ4n) is 1.60. The van der Waals surface area contributed by atoms with Crippen LogP contribution in [-0.4, -0.2) is 5.78 Å². The van der Waals surface area contributed by atoms with Crippen molar-refractivity contribution in [2.24, 2.45) is 0 Å². The standard InChI is InChI=1S/C14H10BrIO/c15-12-5-1-3-10(7-12)8-14(17)11-4-2-6-13(16)9-11/h1-7,9H,8H2. The third kappa shape index (κ3) is 3.64. The first-order chi connectivity index (χ1) is 8.15. The number of hydrogen-bond donors (Lipinski definition) is 0. The third-order valence-electron chi connectivity index (χ3n) is 2.40. The van der Waals surface area contributed by atoms with Gasteiger partial charge in [0.2, 0.25) is 0 Å². The van der Waals surface area contributed by atoms with E-state index in [2.05, 4.69) is 38.5 Å². The number of ketones is 1. The monoisotopic (exact) mass is 400 g/mol. The van der Waals surface area contributed by atoms with Gasteiger partial charge in [-0.25, -0.2) is 0 Å². The highest BCUT2D eigenvalue weighted by Crippen LogP contribution is 2.15. The van der Waals surface area contributed by atoms with Gasteiger partial charge in [-0.05, 0) is 52.4 Å². The van der Waals surface area contributed by atoms with Gasteiger partial charge in [-0.1, -0.05) is 40.2 Å². The van der Waals surface area contributed by atoms with Gasteiger partial charge in [0.25, 0.3) is 0 Å². The predicted molar refractivity (Wildman–Crippen MR) is 81.3 cm³/mol.